The molecule has 0 aliphatic heterocycles. The highest BCUT2D eigenvalue weighted by atomic mass is 16.4. The minimum Gasteiger partial charge on any atom is -0.477 e. The average molecular weight is 244 g/mol. The molecule has 5 heteroatoms. The number of carboxylic acids is 1. The number of rotatable bonds is 3. The molecule has 92 valence electrons. The summed E-state index contributed by atoms with van der Waals surface area (Å²) in [5.41, 5.74) is 1.29. The predicted molar refractivity (Wildman–Crippen MR) is 65.7 cm³/mol. The van der Waals surface area contributed by atoms with Crippen LogP contribution >= 0.6 is 0 Å². The maximum absolute atomic E-state index is 11.7. The monoisotopic (exact) mass is 244 g/mol. The van der Waals surface area contributed by atoms with Gasteiger partial charge in [0.1, 0.15) is 5.69 Å². The summed E-state index contributed by atoms with van der Waals surface area (Å²) in [5.74, 6) is -1.08. The second-order valence-corrected chi connectivity index (χ2v) is 3.99. The van der Waals surface area contributed by atoms with Crippen LogP contribution in [0.4, 0.5) is 0 Å². The van der Waals surface area contributed by atoms with Crippen molar-refractivity contribution in [2.45, 2.75) is 13.5 Å². The molecule has 2 aromatic heterocycles. The molecule has 18 heavy (non-hydrogen) atoms. The van der Waals surface area contributed by atoms with Crippen LogP contribution in [0.25, 0.3) is 0 Å². The first-order chi connectivity index (χ1) is 8.56. The van der Waals surface area contributed by atoms with Crippen LogP contribution in [0, 0.1) is 6.92 Å². The van der Waals surface area contributed by atoms with Crippen molar-refractivity contribution in [3.05, 3.63) is 63.8 Å². The first kappa shape index (κ1) is 12.0. The van der Waals surface area contributed by atoms with Crippen molar-refractivity contribution >= 4 is 5.97 Å². The third kappa shape index (κ3) is 2.63. The van der Waals surface area contributed by atoms with Gasteiger partial charge in [-0.1, -0.05) is 6.07 Å². The lowest BCUT2D eigenvalue weighted by molar-refractivity contribution is 0.0690. The molecule has 0 aliphatic rings. The number of carboxylic acid groups (broad SMARTS) is 1. The van der Waals surface area contributed by atoms with E-state index in [0.717, 1.165) is 5.56 Å². The third-order valence-corrected chi connectivity index (χ3v) is 2.51. The highest BCUT2D eigenvalue weighted by Crippen LogP contribution is 2.02. The SMILES string of the molecule is Cc1ccn(Cc2cccc(C(=O)O)n2)c(=O)c1. The number of pyridine rings is 2. The topological polar surface area (TPSA) is 72.2 Å². The minimum absolute atomic E-state index is 0.0207. The Balaban J connectivity index is 2.31. The maximum atomic E-state index is 11.7. The standard InChI is InChI=1S/C13H12N2O3/c1-9-5-6-15(12(16)7-9)8-10-3-2-4-11(14-10)13(17)18/h2-7H,8H2,1H3,(H,17,18). The molecule has 0 unspecified atom stereocenters. The molecule has 2 rings (SSSR count). The van der Waals surface area contributed by atoms with E-state index in [-0.39, 0.29) is 17.8 Å². The quantitative estimate of drug-likeness (QED) is 0.883. The Morgan fingerprint density at radius 1 is 1.39 bits per heavy atom. The van der Waals surface area contributed by atoms with Gasteiger partial charge >= 0.3 is 5.97 Å². The van der Waals surface area contributed by atoms with Crippen molar-refractivity contribution in [3.8, 4) is 0 Å². The second kappa shape index (κ2) is 4.83. The van der Waals surface area contributed by atoms with Crippen molar-refractivity contribution in [1.29, 1.82) is 0 Å². The fourth-order valence-electron chi connectivity index (χ4n) is 1.60. The lowest BCUT2D eigenvalue weighted by Crippen LogP contribution is -2.20. The molecule has 0 radical (unpaired) electrons. The van der Waals surface area contributed by atoms with Crippen LogP contribution in [-0.2, 0) is 6.54 Å². The van der Waals surface area contributed by atoms with Gasteiger partial charge in [-0.05, 0) is 30.7 Å². The van der Waals surface area contributed by atoms with Gasteiger partial charge in [0.05, 0.1) is 12.2 Å². The Morgan fingerprint density at radius 3 is 2.83 bits per heavy atom. The summed E-state index contributed by atoms with van der Waals surface area (Å²) in [7, 11) is 0. The van der Waals surface area contributed by atoms with Gasteiger partial charge < -0.3 is 9.67 Å². The molecule has 0 aromatic carbocycles. The summed E-state index contributed by atoms with van der Waals surface area (Å²) >= 11 is 0. The number of nitrogens with zero attached hydrogens (tertiary/aromatic N) is 2. The Morgan fingerprint density at radius 2 is 2.17 bits per heavy atom. The van der Waals surface area contributed by atoms with Crippen LogP contribution in [-0.4, -0.2) is 20.6 Å². The van der Waals surface area contributed by atoms with E-state index in [9.17, 15) is 9.59 Å². The Bertz CT molecular complexity index is 647. The Labute approximate surface area is 103 Å². The molecule has 2 aromatic rings. The van der Waals surface area contributed by atoms with E-state index in [2.05, 4.69) is 4.98 Å². The molecule has 0 bridgehead atoms. The number of carbonyl (C=O) groups is 1. The number of hydrogen-bond acceptors (Lipinski definition) is 3. The van der Waals surface area contributed by atoms with Gasteiger partial charge in [0.25, 0.3) is 5.56 Å². The van der Waals surface area contributed by atoms with E-state index < -0.39 is 5.97 Å². The largest absolute Gasteiger partial charge is 0.477 e. The van der Waals surface area contributed by atoms with E-state index in [4.69, 9.17) is 5.11 Å². The van der Waals surface area contributed by atoms with Gasteiger partial charge in [0.2, 0.25) is 0 Å². The Kier molecular flexibility index (Phi) is 3.23. The molecule has 1 N–H and O–H groups in total. The molecule has 5 nitrogen and oxygen atoms in total. The van der Waals surface area contributed by atoms with Crippen LogP contribution in [0.2, 0.25) is 0 Å². The zero-order valence-corrected chi connectivity index (χ0v) is 9.83. The smallest absolute Gasteiger partial charge is 0.354 e. The van der Waals surface area contributed by atoms with Gasteiger partial charge in [-0.2, -0.15) is 0 Å². The molecular weight excluding hydrogens is 232 g/mol. The summed E-state index contributed by atoms with van der Waals surface area (Å²) in [6, 6.07) is 8.08. The molecular formula is C13H12N2O3. The first-order valence-electron chi connectivity index (χ1n) is 5.42. The van der Waals surface area contributed by atoms with Crippen molar-refractivity contribution < 1.29 is 9.90 Å². The molecule has 0 aliphatic carbocycles. The van der Waals surface area contributed by atoms with Gasteiger partial charge in [0, 0.05) is 12.3 Å². The predicted octanol–water partition coefficient (Wildman–Crippen LogP) is 1.30. The zero-order valence-electron chi connectivity index (χ0n) is 9.83. The molecule has 0 saturated heterocycles. The van der Waals surface area contributed by atoms with Crippen LogP contribution in [0.3, 0.4) is 0 Å². The summed E-state index contributed by atoms with van der Waals surface area (Å²) in [6.45, 7) is 2.11. The average Bonchev–Trinajstić information content (AvgIpc) is 2.33. The van der Waals surface area contributed by atoms with Crippen molar-refractivity contribution in [1.82, 2.24) is 9.55 Å². The Hall–Kier alpha value is -2.43. The highest BCUT2D eigenvalue weighted by molar-refractivity contribution is 5.85. The van der Waals surface area contributed by atoms with E-state index in [1.54, 1.807) is 18.3 Å². The van der Waals surface area contributed by atoms with Crippen molar-refractivity contribution in [2.24, 2.45) is 0 Å². The van der Waals surface area contributed by atoms with Crippen LogP contribution in [0.1, 0.15) is 21.7 Å². The fourth-order valence-corrected chi connectivity index (χ4v) is 1.60. The normalized spacial score (nSPS) is 10.3. The number of hydrogen-bond donors (Lipinski definition) is 1. The van der Waals surface area contributed by atoms with Gasteiger partial charge in [0.15, 0.2) is 0 Å². The highest BCUT2D eigenvalue weighted by Gasteiger charge is 2.06. The van der Waals surface area contributed by atoms with E-state index in [1.165, 1.54) is 16.7 Å². The number of aromatic carboxylic acids is 1. The first-order valence-corrected chi connectivity index (χ1v) is 5.42. The molecule has 0 fully saturated rings. The molecule has 2 heterocycles. The minimum atomic E-state index is -1.08. The lowest BCUT2D eigenvalue weighted by Gasteiger charge is -2.05. The molecule has 0 spiro atoms. The molecule has 0 amide bonds. The van der Waals surface area contributed by atoms with Crippen LogP contribution < -0.4 is 5.56 Å². The maximum Gasteiger partial charge on any atom is 0.354 e. The van der Waals surface area contributed by atoms with Crippen LogP contribution in [0.15, 0.2) is 41.3 Å². The molecule has 0 saturated carbocycles. The summed E-state index contributed by atoms with van der Waals surface area (Å²) in [4.78, 5) is 26.4. The summed E-state index contributed by atoms with van der Waals surface area (Å²) < 4.78 is 1.49. The summed E-state index contributed by atoms with van der Waals surface area (Å²) in [6.07, 6.45) is 1.67. The van der Waals surface area contributed by atoms with E-state index >= 15 is 0 Å². The number of aryl methyl sites for hydroxylation is 1. The van der Waals surface area contributed by atoms with Crippen LogP contribution in [0.5, 0.6) is 0 Å². The zero-order chi connectivity index (χ0) is 13.1. The van der Waals surface area contributed by atoms with Crippen molar-refractivity contribution in [2.75, 3.05) is 0 Å². The van der Waals surface area contributed by atoms with E-state index in [1.807, 2.05) is 13.0 Å². The van der Waals surface area contributed by atoms with E-state index in [0.29, 0.717) is 5.69 Å². The van der Waals surface area contributed by atoms with Gasteiger partial charge in [-0.15, -0.1) is 0 Å². The lowest BCUT2D eigenvalue weighted by atomic mass is 10.2. The molecule has 0 atom stereocenters. The number of aromatic nitrogens is 2. The van der Waals surface area contributed by atoms with Gasteiger partial charge in [-0.3, -0.25) is 4.79 Å². The summed E-state index contributed by atoms with van der Waals surface area (Å²) in [5, 5.41) is 8.84. The van der Waals surface area contributed by atoms with Gasteiger partial charge in [-0.25, -0.2) is 9.78 Å². The fraction of sp³-hybridized carbons (Fsp3) is 0.154. The third-order valence-electron chi connectivity index (χ3n) is 2.51. The second-order valence-electron chi connectivity index (χ2n) is 3.99. The van der Waals surface area contributed by atoms with Crippen molar-refractivity contribution in [3.63, 3.8) is 0 Å².